The van der Waals surface area contributed by atoms with E-state index in [4.69, 9.17) is 5.41 Å². The van der Waals surface area contributed by atoms with Crippen molar-refractivity contribution in [3.63, 3.8) is 0 Å². The summed E-state index contributed by atoms with van der Waals surface area (Å²) in [5.74, 6) is 3.41. The lowest BCUT2D eigenvalue weighted by molar-refractivity contribution is 0.203. The summed E-state index contributed by atoms with van der Waals surface area (Å²) in [5, 5.41) is 8.41. The predicted molar refractivity (Wildman–Crippen MR) is 65.7 cm³/mol. The Morgan fingerprint density at radius 3 is 2.38 bits per heavy atom. The third-order valence-corrected chi connectivity index (χ3v) is 4.93. The van der Waals surface area contributed by atoms with Gasteiger partial charge in [-0.25, -0.2) is 0 Å². The molecule has 3 unspecified atom stereocenters. The maximum Gasteiger partial charge on any atom is 0.0993 e. The van der Waals surface area contributed by atoms with Gasteiger partial charge in [0, 0.05) is 32.1 Å². The summed E-state index contributed by atoms with van der Waals surface area (Å²) in [6.07, 6.45) is 5.57. The molecule has 2 aliphatic carbocycles. The number of piperazine rings is 1. The summed E-state index contributed by atoms with van der Waals surface area (Å²) in [4.78, 5) is 4.70. The van der Waals surface area contributed by atoms with Crippen molar-refractivity contribution in [3.8, 4) is 0 Å². The van der Waals surface area contributed by atoms with Crippen LogP contribution in [0, 0.1) is 23.2 Å². The molecule has 16 heavy (non-hydrogen) atoms. The molecule has 0 aromatic heterocycles. The Morgan fingerprint density at radius 2 is 1.81 bits per heavy atom. The van der Waals surface area contributed by atoms with Crippen LogP contribution in [0.2, 0.25) is 0 Å². The third-order valence-electron chi connectivity index (χ3n) is 4.93. The summed E-state index contributed by atoms with van der Waals surface area (Å²) < 4.78 is 0. The van der Waals surface area contributed by atoms with E-state index < -0.39 is 0 Å². The van der Waals surface area contributed by atoms with Crippen LogP contribution in [0.3, 0.4) is 0 Å². The van der Waals surface area contributed by atoms with Crippen molar-refractivity contribution in [1.82, 2.24) is 9.80 Å². The number of amidine groups is 1. The van der Waals surface area contributed by atoms with Crippen LogP contribution in [0.1, 0.15) is 25.7 Å². The van der Waals surface area contributed by atoms with Crippen LogP contribution in [0.4, 0.5) is 0 Å². The molecule has 3 rings (SSSR count). The van der Waals surface area contributed by atoms with Crippen LogP contribution in [0.5, 0.6) is 0 Å². The van der Waals surface area contributed by atoms with Crippen molar-refractivity contribution in [1.29, 1.82) is 5.41 Å². The van der Waals surface area contributed by atoms with E-state index in [-0.39, 0.29) is 0 Å². The molecule has 3 heteroatoms. The zero-order valence-corrected chi connectivity index (χ0v) is 10.3. The van der Waals surface area contributed by atoms with E-state index in [2.05, 4.69) is 16.8 Å². The minimum absolute atomic E-state index is 0.613. The molecule has 3 atom stereocenters. The van der Waals surface area contributed by atoms with Gasteiger partial charge in [0.1, 0.15) is 0 Å². The zero-order chi connectivity index (χ0) is 11.1. The first-order chi connectivity index (χ1) is 7.74. The quantitative estimate of drug-likeness (QED) is 0.539. The largest absolute Gasteiger partial charge is 0.358 e. The Labute approximate surface area is 98.3 Å². The van der Waals surface area contributed by atoms with Crippen LogP contribution in [-0.4, -0.2) is 48.9 Å². The van der Waals surface area contributed by atoms with Crippen molar-refractivity contribution in [2.45, 2.75) is 25.7 Å². The molecule has 1 aliphatic heterocycles. The van der Waals surface area contributed by atoms with Crippen LogP contribution < -0.4 is 0 Å². The van der Waals surface area contributed by atoms with Gasteiger partial charge in [-0.2, -0.15) is 0 Å². The fraction of sp³-hybridized carbons (Fsp3) is 0.923. The van der Waals surface area contributed by atoms with E-state index in [9.17, 15) is 0 Å². The third kappa shape index (κ3) is 1.75. The van der Waals surface area contributed by atoms with E-state index in [0.29, 0.717) is 5.92 Å². The summed E-state index contributed by atoms with van der Waals surface area (Å²) in [7, 11) is 2.18. The monoisotopic (exact) mass is 221 g/mol. The summed E-state index contributed by atoms with van der Waals surface area (Å²) in [5.41, 5.74) is 0. The maximum absolute atomic E-state index is 8.41. The predicted octanol–water partition coefficient (Wildman–Crippen LogP) is 1.65. The number of hydrogen-bond donors (Lipinski definition) is 1. The van der Waals surface area contributed by atoms with E-state index >= 15 is 0 Å². The van der Waals surface area contributed by atoms with Crippen LogP contribution >= 0.6 is 0 Å². The molecule has 2 bridgehead atoms. The van der Waals surface area contributed by atoms with Gasteiger partial charge in [-0.05, 0) is 38.1 Å². The molecule has 3 aliphatic rings. The lowest BCUT2D eigenvalue weighted by Gasteiger charge is -2.37. The number of hydrogen-bond acceptors (Lipinski definition) is 2. The molecule has 0 aromatic carbocycles. The molecule has 0 amide bonds. The highest BCUT2D eigenvalue weighted by Crippen LogP contribution is 2.48. The molecule has 1 saturated heterocycles. The number of fused-ring (bicyclic) bond motifs is 2. The molecule has 0 radical (unpaired) electrons. The van der Waals surface area contributed by atoms with Crippen molar-refractivity contribution < 1.29 is 0 Å². The minimum atomic E-state index is 0.613. The fourth-order valence-corrected chi connectivity index (χ4v) is 3.86. The number of nitrogens with zero attached hydrogens (tertiary/aromatic N) is 2. The van der Waals surface area contributed by atoms with E-state index in [1.807, 2.05) is 0 Å². The van der Waals surface area contributed by atoms with Crippen molar-refractivity contribution >= 4 is 5.84 Å². The Kier molecular flexibility index (Phi) is 2.66. The molecule has 90 valence electrons. The standard InChI is InChI=1S/C13H23N3/c1-15-4-6-16(7-5-15)13(14)12-9-10-2-3-11(12)8-10/h10-12,14H,2-9H2,1H3. The second kappa shape index (κ2) is 4.02. The lowest BCUT2D eigenvalue weighted by atomic mass is 9.87. The second-order valence-electron chi connectivity index (χ2n) is 5.96. The van der Waals surface area contributed by atoms with Crippen molar-refractivity contribution in [3.05, 3.63) is 0 Å². The second-order valence-corrected chi connectivity index (χ2v) is 5.96. The van der Waals surface area contributed by atoms with E-state index in [1.54, 1.807) is 0 Å². The average molecular weight is 221 g/mol. The van der Waals surface area contributed by atoms with Gasteiger partial charge in [0.2, 0.25) is 0 Å². The highest BCUT2D eigenvalue weighted by Gasteiger charge is 2.42. The van der Waals surface area contributed by atoms with Gasteiger partial charge >= 0.3 is 0 Å². The van der Waals surface area contributed by atoms with Crippen molar-refractivity contribution in [2.75, 3.05) is 33.2 Å². The van der Waals surface area contributed by atoms with Gasteiger partial charge in [-0.1, -0.05) is 6.42 Å². The fourth-order valence-electron chi connectivity index (χ4n) is 3.86. The average Bonchev–Trinajstić information content (AvgIpc) is 2.91. The summed E-state index contributed by atoms with van der Waals surface area (Å²) >= 11 is 0. The highest BCUT2D eigenvalue weighted by atomic mass is 15.3. The number of rotatable bonds is 1. The maximum atomic E-state index is 8.41. The number of likely N-dealkylation sites (N-methyl/N-ethyl adjacent to an activating group) is 1. The Bertz CT molecular complexity index is 281. The van der Waals surface area contributed by atoms with Crippen molar-refractivity contribution in [2.24, 2.45) is 17.8 Å². The molecule has 2 saturated carbocycles. The topological polar surface area (TPSA) is 30.3 Å². The SMILES string of the molecule is CN1CCN(C(=N)C2CC3CCC2C3)CC1. The molecular weight excluding hydrogens is 198 g/mol. The molecule has 3 fully saturated rings. The highest BCUT2D eigenvalue weighted by molar-refractivity contribution is 5.82. The first-order valence-electron chi connectivity index (χ1n) is 6.76. The van der Waals surface area contributed by atoms with Gasteiger partial charge in [0.25, 0.3) is 0 Å². The first kappa shape index (κ1) is 10.6. The lowest BCUT2D eigenvalue weighted by Crippen LogP contribution is -2.49. The number of nitrogens with one attached hydrogen (secondary N) is 1. The van der Waals surface area contributed by atoms with Gasteiger partial charge in [-0.3, -0.25) is 5.41 Å². The Hall–Kier alpha value is -0.570. The smallest absolute Gasteiger partial charge is 0.0993 e. The van der Waals surface area contributed by atoms with Gasteiger partial charge < -0.3 is 9.80 Å². The Balaban J connectivity index is 1.61. The molecule has 3 nitrogen and oxygen atoms in total. The normalized spacial score (nSPS) is 39.3. The van der Waals surface area contributed by atoms with E-state index in [1.165, 1.54) is 25.7 Å². The first-order valence-corrected chi connectivity index (χ1v) is 6.76. The summed E-state index contributed by atoms with van der Waals surface area (Å²) in [6, 6.07) is 0. The molecular formula is C13H23N3. The molecule has 0 aromatic rings. The zero-order valence-electron chi connectivity index (χ0n) is 10.3. The van der Waals surface area contributed by atoms with Gasteiger partial charge in [0.15, 0.2) is 0 Å². The molecule has 1 N–H and O–H groups in total. The minimum Gasteiger partial charge on any atom is -0.358 e. The van der Waals surface area contributed by atoms with Gasteiger partial charge in [0.05, 0.1) is 5.84 Å². The van der Waals surface area contributed by atoms with Crippen LogP contribution in [0.25, 0.3) is 0 Å². The van der Waals surface area contributed by atoms with Crippen LogP contribution in [-0.2, 0) is 0 Å². The van der Waals surface area contributed by atoms with Gasteiger partial charge in [-0.15, -0.1) is 0 Å². The summed E-state index contributed by atoms with van der Waals surface area (Å²) in [6.45, 7) is 4.40. The van der Waals surface area contributed by atoms with Crippen LogP contribution in [0.15, 0.2) is 0 Å². The molecule has 1 heterocycles. The Morgan fingerprint density at radius 1 is 1.06 bits per heavy atom. The van der Waals surface area contributed by atoms with E-state index in [0.717, 1.165) is 43.9 Å². The molecule has 0 spiro atoms.